The molecule has 0 aliphatic rings. The third-order valence-corrected chi connectivity index (χ3v) is 9.94. The first-order chi connectivity index (χ1) is 26.3. The van der Waals surface area contributed by atoms with Crippen molar-refractivity contribution in [2.75, 3.05) is 10.6 Å². The zero-order valence-corrected chi connectivity index (χ0v) is 33.3. The van der Waals surface area contributed by atoms with Crippen LogP contribution in [0.5, 0.6) is 0 Å². The molecule has 0 unspecified atom stereocenters. The average molecular weight is 926 g/mol. The summed E-state index contributed by atoms with van der Waals surface area (Å²) in [4.78, 5) is 32.6. The van der Waals surface area contributed by atoms with Gasteiger partial charge in [-0.3, -0.25) is 29.6 Å². The van der Waals surface area contributed by atoms with Crippen LogP contribution >= 0.6 is 61.8 Å². The normalized spacial score (nSPS) is 11.2. The highest BCUT2D eigenvalue weighted by atomic mass is 79.9. The van der Waals surface area contributed by atoms with Gasteiger partial charge < -0.3 is 10.0 Å². The minimum Gasteiger partial charge on any atom is -0.422 e. The number of carbonyl (C=O) groups is 2. The molecular formula is C32H26BBrCl2F6N8O4S2. The maximum atomic E-state index is 12.9. The molecule has 0 fully saturated rings. The Morgan fingerprint density at radius 2 is 1.23 bits per heavy atom. The smallest absolute Gasteiger partial charge is 0.422 e. The van der Waals surface area contributed by atoms with Gasteiger partial charge in [0.05, 0.1) is 47.3 Å². The van der Waals surface area contributed by atoms with Crippen molar-refractivity contribution in [1.29, 1.82) is 0 Å². The number of aromatic nitrogens is 6. The Balaban J connectivity index is 0.000000200. The van der Waals surface area contributed by atoms with Crippen molar-refractivity contribution in [2.24, 2.45) is 0 Å². The number of rotatable bonds is 8. The number of hydrogen-bond donors (Lipinski definition) is 4. The number of hydrogen-bond acceptors (Lipinski definition) is 10. The molecule has 0 aliphatic carbocycles. The number of nitrogens with zero attached hydrogens (tertiary/aromatic N) is 6. The highest BCUT2D eigenvalue weighted by Gasteiger charge is 2.37. The van der Waals surface area contributed by atoms with E-state index in [2.05, 4.69) is 46.7 Å². The SMILES string of the molecule is CCn1nc(C(F)(F)F)cc1-c1cnc(NC(=O)c2ccccc2Cl)s1.CCn1nc(C(F)(F)F)cc1B(O)O.O=C(Nc1ncc(Br)s1)c1ccccc1Cl. The molecule has 4 N–H and O–H groups in total. The summed E-state index contributed by atoms with van der Waals surface area (Å²) < 4.78 is 78.1. The van der Waals surface area contributed by atoms with E-state index < -0.39 is 36.8 Å². The molecule has 6 rings (SSSR count). The number of amides is 2. The third kappa shape index (κ3) is 11.9. The summed E-state index contributed by atoms with van der Waals surface area (Å²) in [6.45, 7) is 3.66. The van der Waals surface area contributed by atoms with E-state index in [4.69, 9.17) is 33.2 Å². The maximum absolute atomic E-state index is 12.9. The second-order valence-corrected chi connectivity index (χ2v) is 15.0. The molecule has 0 aliphatic heterocycles. The van der Waals surface area contributed by atoms with E-state index in [1.807, 2.05) is 0 Å². The quantitative estimate of drug-likeness (QED) is 0.0876. The molecule has 0 radical (unpaired) electrons. The molecule has 0 bridgehead atoms. The molecule has 6 aromatic rings. The van der Waals surface area contributed by atoms with Crippen molar-refractivity contribution in [1.82, 2.24) is 29.5 Å². The van der Waals surface area contributed by atoms with E-state index in [0.717, 1.165) is 25.9 Å². The first kappa shape index (κ1) is 44.4. The van der Waals surface area contributed by atoms with Gasteiger partial charge >= 0.3 is 19.5 Å². The third-order valence-electron chi connectivity index (χ3n) is 6.95. The van der Waals surface area contributed by atoms with Gasteiger partial charge in [0.1, 0.15) is 0 Å². The van der Waals surface area contributed by atoms with Crippen LogP contribution in [0.3, 0.4) is 0 Å². The minimum absolute atomic E-state index is 0.142. The van der Waals surface area contributed by atoms with Crippen molar-refractivity contribution in [2.45, 2.75) is 39.3 Å². The van der Waals surface area contributed by atoms with Gasteiger partial charge in [0.25, 0.3) is 11.8 Å². The molecule has 296 valence electrons. The lowest BCUT2D eigenvalue weighted by molar-refractivity contribution is -0.142. The predicted molar refractivity (Wildman–Crippen MR) is 205 cm³/mol. The van der Waals surface area contributed by atoms with Crippen LogP contribution in [-0.4, -0.2) is 58.5 Å². The summed E-state index contributed by atoms with van der Waals surface area (Å²) in [5, 5.41) is 31.0. The summed E-state index contributed by atoms with van der Waals surface area (Å²) in [5.41, 5.74) is -1.35. The first-order valence-electron chi connectivity index (χ1n) is 15.7. The van der Waals surface area contributed by atoms with Gasteiger partial charge in [0.15, 0.2) is 21.7 Å². The summed E-state index contributed by atoms with van der Waals surface area (Å²) >= 11 is 17.6. The Labute approximate surface area is 340 Å². The molecule has 2 amide bonds. The fraction of sp³-hybridized carbons (Fsp3) is 0.188. The van der Waals surface area contributed by atoms with Gasteiger partial charge in [-0.2, -0.15) is 36.5 Å². The van der Waals surface area contributed by atoms with Gasteiger partial charge in [-0.05, 0) is 66.2 Å². The van der Waals surface area contributed by atoms with Crippen molar-refractivity contribution >= 4 is 96.6 Å². The standard InChI is InChI=1S/C16H12ClF3N4OS.C10H6BrClN2OS.C6H8BF3N2O2/c1-2-24-11(7-13(23-24)16(18,19)20)12-8-21-15(26-12)22-14(25)9-5-3-4-6-10(9)17;11-8-5-13-10(16-8)14-9(15)6-3-1-2-4-7(6)12;1-2-12-5(7(13)14)3-4(11-12)6(8,9)10/h3-8H,2H2,1H3,(H,21,22,25);1-5H,(H,13,14,15);3,13-14H,2H2,1H3. The zero-order valence-electron chi connectivity index (χ0n) is 28.5. The van der Waals surface area contributed by atoms with Crippen LogP contribution in [0.4, 0.5) is 36.6 Å². The maximum Gasteiger partial charge on any atom is 0.507 e. The molecule has 0 saturated carbocycles. The second-order valence-electron chi connectivity index (χ2n) is 10.7. The summed E-state index contributed by atoms with van der Waals surface area (Å²) in [7, 11) is -1.95. The highest BCUT2D eigenvalue weighted by Crippen LogP contribution is 2.35. The number of thiazole rings is 2. The summed E-state index contributed by atoms with van der Waals surface area (Å²) in [5.74, 6) is -0.705. The van der Waals surface area contributed by atoms with Crippen LogP contribution in [0.25, 0.3) is 10.6 Å². The number of carbonyl (C=O) groups excluding carboxylic acids is 2. The average Bonchev–Trinajstić information content (AvgIpc) is 3.95. The van der Waals surface area contributed by atoms with E-state index in [-0.39, 0.29) is 41.0 Å². The number of halogens is 9. The predicted octanol–water partition coefficient (Wildman–Crippen LogP) is 8.36. The summed E-state index contributed by atoms with van der Waals surface area (Å²) in [6.07, 6.45) is -6.06. The Bertz CT molecular complexity index is 2280. The molecule has 0 atom stereocenters. The van der Waals surface area contributed by atoms with Crippen LogP contribution in [0, 0.1) is 0 Å². The van der Waals surface area contributed by atoms with Crippen LogP contribution in [0.2, 0.25) is 10.0 Å². The van der Waals surface area contributed by atoms with Crippen LogP contribution in [-0.2, 0) is 25.4 Å². The van der Waals surface area contributed by atoms with Crippen LogP contribution in [0.1, 0.15) is 46.0 Å². The van der Waals surface area contributed by atoms with Gasteiger partial charge in [-0.25, -0.2) is 9.97 Å². The number of nitrogens with one attached hydrogen (secondary N) is 2. The Morgan fingerprint density at radius 3 is 1.66 bits per heavy atom. The molecule has 4 heterocycles. The molecule has 56 heavy (non-hydrogen) atoms. The van der Waals surface area contributed by atoms with Gasteiger partial charge in [0.2, 0.25) is 0 Å². The van der Waals surface area contributed by atoms with E-state index in [9.17, 15) is 35.9 Å². The molecule has 4 aromatic heterocycles. The Morgan fingerprint density at radius 1 is 0.768 bits per heavy atom. The molecule has 12 nitrogen and oxygen atoms in total. The zero-order chi connectivity index (χ0) is 41.4. The van der Waals surface area contributed by atoms with Crippen molar-refractivity contribution in [3.8, 4) is 10.6 Å². The lowest BCUT2D eigenvalue weighted by Crippen LogP contribution is -2.36. The molecule has 0 spiro atoms. The van der Waals surface area contributed by atoms with E-state index in [0.29, 0.717) is 31.7 Å². The lowest BCUT2D eigenvalue weighted by atomic mass is 9.86. The second kappa shape index (κ2) is 19.2. The Hall–Kier alpha value is -4.32. The van der Waals surface area contributed by atoms with Crippen molar-refractivity contribution in [3.05, 3.63) is 109 Å². The van der Waals surface area contributed by atoms with Crippen LogP contribution < -0.4 is 16.2 Å². The molecule has 2 aromatic carbocycles. The first-order valence-corrected chi connectivity index (χ1v) is 18.9. The van der Waals surface area contributed by atoms with E-state index in [1.54, 1.807) is 68.6 Å². The number of alkyl halides is 6. The molecule has 24 heteroatoms. The van der Waals surface area contributed by atoms with Gasteiger partial charge in [0, 0.05) is 19.3 Å². The lowest BCUT2D eigenvalue weighted by Gasteiger charge is -2.03. The number of benzene rings is 2. The van der Waals surface area contributed by atoms with Crippen molar-refractivity contribution in [3.63, 3.8) is 0 Å². The topological polar surface area (TPSA) is 160 Å². The number of anilines is 2. The van der Waals surface area contributed by atoms with E-state index >= 15 is 0 Å². The Kier molecular flexibility index (Phi) is 15.2. The van der Waals surface area contributed by atoms with Crippen molar-refractivity contribution < 1.29 is 46.0 Å². The largest absolute Gasteiger partial charge is 0.507 e. The highest BCUT2D eigenvalue weighted by molar-refractivity contribution is 9.11. The fourth-order valence-electron chi connectivity index (χ4n) is 4.41. The van der Waals surface area contributed by atoms with E-state index in [1.165, 1.54) is 22.2 Å². The van der Waals surface area contributed by atoms with Gasteiger partial charge in [-0.15, -0.1) is 0 Å². The fourth-order valence-corrected chi connectivity index (χ4v) is 6.78. The van der Waals surface area contributed by atoms with Gasteiger partial charge in [-0.1, -0.05) is 70.1 Å². The monoisotopic (exact) mass is 924 g/mol. The molecule has 0 saturated heterocycles. The molecular weight excluding hydrogens is 900 g/mol. The van der Waals surface area contributed by atoms with Crippen LogP contribution in [0.15, 0.2) is 76.8 Å². The minimum atomic E-state index is -4.57. The summed E-state index contributed by atoms with van der Waals surface area (Å²) in [6, 6.07) is 15.0. The number of aryl methyl sites for hydroxylation is 2.